The summed E-state index contributed by atoms with van der Waals surface area (Å²) in [5, 5.41) is 14.3. The van der Waals surface area contributed by atoms with Gasteiger partial charge in [-0.2, -0.15) is 0 Å². The smallest absolute Gasteiger partial charge is 0.234 e. The number of nitrogens with zero attached hydrogens (tertiary/aromatic N) is 1. The average Bonchev–Trinajstić information content (AvgIpc) is 2.46. The van der Waals surface area contributed by atoms with Gasteiger partial charge in [0.15, 0.2) is 0 Å². The number of para-hydroxylation sites is 1. The predicted molar refractivity (Wildman–Crippen MR) is 75.7 cm³/mol. The molecule has 0 saturated carbocycles. The van der Waals surface area contributed by atoms with Crippen LogP contribution in [-0.2, 0) is 0 Å². The monoisotopic (exact) mass is 256 g/mol. The molecular formula is C15H16N2O2. The zero-order chi connectivity index (χ0) is 13.7. The maximum absolute atomic E-state index is 11.1. The third-order valence-electron chi connectivity index (χ3n) is 3.07. The minimum absolute atomic E-state index is 0.256. The summed E-state index contributed by atoms with van der Waals surface area (Å²) in [4.78, 5) is 10.8. The van der Waals surface area contributed by atoms with E-state index in [1.807, 2.05) is 60.7 Å². The largest absolute Gasteiger partial charge is 0.372 e. The van der Waals surface area contributed by atoms with Gasteiger partial charge >= 0.3 is 0 Å². The van der Waals surface area contributed by atoms with Crippen molar-refractivity contribution in [2.24, 2.45) is 0 Å². The van der Waals surface area contributed by atoms with Crippen LogP contribution >= 0.6 is 0 Å². The molecule has 4 nitrogen and oxygen atoms in total. The lowest BCUT2D eigenvalue weighted by Gasteiger charge is -2.21. The van der Waals surface area contributed by atoms with Crippen LogP contribution in [0.3, 0.4) is 0 Å². The van der Waals surface area contributed by atoms with Gasteiger partial charge in [-0.05, 0) is 17.7 Å². The fourth-order valence-electron chi connectivity index (χ4n) is 1.98. The highest BCUT2D eigenvalue weighted by Gasteiger charge is 2.27. The van der Waals surface area contributed by atoms with Crippen molar-refractivity contribution in [3.8, 4) is 0 Å². The molecule has 0 bridgehead atoms. The Morgan fingerprint density at radius 1 is 1.00 bits per heavy atom. The van der Waals surface area contributed by atoms with Crippen molar-refractivity contribution in [1.82, 2.24) is 0 Å². The molecule has 0 aliphatic carbocycles. The number of rotatable bonds is 5. The molecular weight excluding hydrogens is 240 g/mol. The van der Waals surface area contributed by atoms with Gasteiger partial charge in [-0.3, -0.25) is 10.1 Å². The summed E-state index contributed by atoms with van der Waals surface area (Å²) < 4.78 is 0. The molecule has 0 radical (unpaired) electrons. The van der Waals surface area contributed by atoms with Crippen LogP contribution in [0.15, 0.2) is 60.7 Å². The summed E-state index contributed by atoms with van der Waals surface area (Å²) in [5.74, 6) is 0. The second kappa shape index (κ2) is 6.00. The Kier molecular flexibility index (Phi) is 4.13. The van der Waals surface area contributed by atoms with E-state index in [1.54, 1.807) is 6.92 Å². The first-order valence-electron chi connectivity index (χ1n) is 6.18. The van der Waals surface area contributed by atoms with Crippen LogP contribution in [0.25, 0.3) is 0 Å². The lowest BCUT2D eigenvalue weighted by atomic mass is 10.0. The van der Waals surface area contributed by atoms with E-state index in [-0.39, 0.29) is 11.0 Å². The highest BCUT2D eigenvalue weighted by atomic mass is 16.6. The molecule has 0 aliphatic heterocycles. The van der Waals surface area contributed by atoms with E-state index >= 15 is 0 Å². The quantitative estimate of drug-likeness (QED) is 0.658. The fraction of sp³-hybridized carbons (Fsp3) is 0.200. The van der Waals surface area contributed by atoms with Gasteiger partial charge in [-0.25, -0.2) is 0 Å². The number of hydrogen-bond donors (Lipinski definition) is 1. The SMILES string of the molecule is C[C@H]([C@H](Nc1ccccc1)c1ccccc1)[N+](=O)[O-]. The molecule has 0 unspecified atom stereocenters. The van der Waals surface area contributed by atoms with Gasteiger partial charge in [0.2, 0.25) is 6.04 Å². The first kappa shape index (κ1) is 13.1. The van der Waals surface area contributed by atoms with Crippen molar-refractivity contribution in [1.29, 1.82) is 0 Å². The Labute approximate surface area is 112 Å². The molecule has 0 amide bonds. The minimum atomic E-state index is -0.706. The third-order valence-corrected chi connectivity index (χ3v) is 3.07. The molecule has 0 saturated heterocycles. The zero-order valence-electron chi connectivity index (χ0n) is 10.7. The normalized spacial score (nSPS) is 13.5. The molecule has 19 heavy (non-hydrogen) atoms. The van der Waals surface area contributed by atoms with Crippen molar-refractivity contribution < 1.29 is 4.92 Å². The Hall–Kier alpha value is -2.36. The molecule has 0 aromatic heterocycles. The van der Waals surface area contributed by atoms with E-state index < -0.39 is 6.04 Å². The summed E-state index contributed by atoms with van der Waals surface area (Å²) in [6.45, 7) is 1.62. The van der Waals surface area contributed by atoms with Gasteiger partial charge in [-0.1, -0.05) is 48.5 Å². The second-order valence-electron chi connectivity index (χ2n) is 4.42. The maximum Gasteiger partial charge on any atom is 0.234 e. The van der Waals surface area contributed by atoms with Gasteiger partial charge < -0.3 is 5.32 Å². The maximum atomic E-state index is 11.1. The van der Waals surface area contributed by atoms with Crippen LogP contribution in [0.1, 0.15) is 18.5 Å². The molecule has 2 rings (SSSR count). The Balaban J connectivity index is 2.27. The van der Waals surface area contributed by atoms with Crippen LogP contribution in [0.5, 0.6) is 0 Å². The van der Waals surface area contributed by atoms with E-state index in [2.05, 4.69) is 5.32 Å². The van der Waals surface area contributed by atoms with Crippen LogP contribution in [0.4, 0.5) is 5.69 Å². The summed E-state index contributed by atoms with van der Waals surface area (Å²) in [6.07, 6.45) is 0. The van der Waals surface area contributed by atoms with E-state index in [0.29, 0.717) is 0 Å². The zero-order valence-corrected chi connectivity index (χ0v) is 10.7. The van der Waals surface area contributed by atoms with Crippen molar-refractivity contribution in [3.05, 3.63) is 76.3 Å². The average molecular weight is 256 g/mol. The number of benzene rings is 2. The molecule has 0 aliphatic rings. The number of hydrogen-bond acceptors (Lipinski definition) is 3. The summed E-state index contributed by atoms with van der Waals surface area (Å²) in [7, 11) is 0. The topological polar surface area (TPSA) is 55.2 Å². The molecule has 4 heteroatoms. The lowest BCUT2D eigenvalue weighted by molar-refractivity contribution is -0.521. The van der Waals surface area contributed by atoms with E-state index in [9.17, 15) is 10.1 Å². The summed E-state index contributed by atoms with van der Waals surface area (Å²) in [5.41, 5.74) is 1.79. The fourth-order valence-corrected chi connectivity index (χ4v) is 1.98. The molecule has 0 spiro atoms. The van der Waals surface area contributed by atoms with Crippen LogP contribution in [-0.4, -0.2) is 11.0 Å². The highest BCUT2D eigenvalue weighted by molar-refractivity contribution is 5.45. The second-order valence-corrected chi connectivity index (χ2v) is 4.42. The first-order valence-corrected chi connectivity index (χ1v) is 6.18. The van der Waals surface area contributed by atoms with Crippen LogP contribution in [0, 0.1) is 10.1 Å². The molecule has 0 heterocycles. The first-order chi connectivity index (χ1) is 9.18. The molecule has 98 valence electrons. The predicted octanol–water partition coefficient (Wildman–Crippen LogP) is 3.51. The molecule has 2 atom stereocenters. The van der Waals surface area contributed by atoms with Crippen LogP contribution < -0.4 is 5.32 Å². The Morgan fingerprint density at radius 3 is 2.05 bits per heavy atom. The minimum Gasteiger partial charge on any atom is -0.372 e. The van der Waals surface area contributed by atoms with Gasteiger partial charge in [0.05, 0.1) is 0 Å². The summed E-state index contributed by atoms with van der Waals surface area (Å²) in [6, 6.07) is 18.0. The van der Waals surface area contributed by atoms with Gasteiger partial charge in [0.25, 0.3) is 0 Å². The molecule has 2 aromatic carbocycles. The Bertz CT molecular complexity index is 528. The Morgan fingerprint density at radius 2 is 1.53 bits per heavy atom. The van der Waals surface area contributed by atoms with Crippen molar-refractivity contribution in [2.75, 3.05) is 5.32 Å². The molecule has 1 N–H and O–H groups in total. The van der Waals surface area contributed by atoms with Crippen molar-refractivity contribution >= 4 is 5.69 Å². The van der Waals surface area contributed by atoms with Crippen molar-refractivity contribution in [2.45, 2.75) is 19.0 Å². The van der Waals surface area contributed by atoms with Crippen molar-refractivity contribution in [3.63, 3.8) is 0 Å². The van der Waals surface area contributed by atoms with Gasteiger partial charge in [-0.15, -0.1) is 0 Å². The third kappa shape index (κ3) is 3.31. The van der Waals surface area contributed by atoms with Gasteiger partial charge in [0.1, 0.15) is 6.04 Å². The lowest BCUT2D eigenvalue weighted by Crippen LogP contribution is -2.29. The van der Waals surface area contributed by atoms with E-state index in [4.69, 9.17) is 0 Å². The van der Waals surface area contributed by atoms with E-state index in [0.717, 1.165) is 11.3 Å². The van der Waals surface area contributed by atoms with E-state index in [1.165, 1.54) is 0 Å². The number of nitrogens with one attached hydrogen (secondary N) is 1. The summed E-state index contributed by atoms with van der Waals surface area (Å²) >= 11 is 0. The van der Waals surface area contributed by atoms with Crippen LogP contribution in [0.2, 0.25) is 0 Å². The standard InChI is InChI=1S/C15H16N2O2/c1-12(17(18)19)15(13-8-4-2-5-9-13)16-14-10-6-3-7-11-14/h2-12,15-16H,1H3/t12-,15+/m1/s1. The number of nitro groups is 1. The molecule has 2 aromatic rings. The molecule has 0 fully saturated rings. The highest BCUT2D eigenvalue weighted by Crippen LogP contribution is 2.23. The van der Waals surface area contributed by atoms with Gasteiger partial charge in [0, 0.05) is 17.5 Å². The number of anilines is 1.